The van der Waals surface area contributed by atoms with Gasteiger partial charge in [-0.05, 0) is 32.0 Å². The van der Waals surface area contributed by atoms with Crippen LogP contribution in [0.2, 0.25) is 0 Å². The second kappa shape index (κ2) is 6.86. The smallest absolute Gasteiger partial charge is 0.261 e. The summed E-state index contributed by atoms with van der Waals surface area (Å²) in [4.78, 5) is 27.6. The lowest BCUT2D eigenvalue weighted by molar-refractivity contribution is -0.116. The lowest BCUT2D eigenvalue weighted by atomic mass is 10.1. The zero-order chi connectivity index (χ0) is 18.0. The van der Waals surface area contributed by atoms with E-state index in [0.29, 0.717) is 33.6 Å². The van der Waals surface area contributed by atoms with E-state index < -0.39 is 0 Å². The van der Waals surface area contributed by atoms with E-state index in [1.54, 1.807) is 37.3 Å². The second-order valence-corrected chi connectivity index (χ2v) is 6.23. The first-order valence-corrected chi connectivity index (χ1v) is 8.23. The molecule has 0 aliphatic carbocycles. The van der Waals surface area contributed by atoms with Gasteiger partial charge in [0.25, 0.3) is 5.91 Å². The van der Waals surface area contributed by atoms with Gasteiger partial charge >= 0.3 is 0 Å². The van der Waals surface area contributed by atoms with E-state index in [4.69, 9.17) is 4.42 Å². The maximum absolute atomic E-state index is 12.4. The van der Waals surface area contributed by atoms with E-state index in [9.17, 15) is 14.7 Å². The first-order valence-electron chi connectivity index (χ1n) is 7.45. The summed E-state index contributed by atoms with van der Waals surface area (Å²) < 4.78 is 9.65. The second-order valence-electron chi connectivity index (χ2n) is 5.48. The van der Waals surface area contributed by atoms with Crippen molar-refractivity contribution in [1.82, 2.24) is 9.36 Å². The Labute approximate surface area is 147 Å². The third-order valence-electron chi connectivity index (χ3n) is 3.39. The van der Waals surface area contributed by atoms with Gasteiger partial charge < -0.3 is 9.52 Å². The molecule has 0 saturated carbocycles. The fourth-order valence-electron chi connectivity index (χ4n) is 2.27. The van der Waals surface area contributed by atoms with Crippen LogP contribution in [0.25, 0.3) is 11.3 Å². The Morgan fingerprint density at radius 3 is 2.84 bits per heavy atom. The average molecular weight is 357 g/mol. The molecule has 8 heteroatoms. The molecule has 2 heterocycles. The number of hydrogen-bond acceptors (Lipinski definition) is 7. The summed E-state index contributed by atoms with van der Waals surface area (Å²) >= 11 is 1.02. The molecule has 1 aromatic carbocycles. The number of aromatic hydroxyl groups is 1. The number of carbonyl (C=O) groups excluding carboxylic acids is 2. The third kappa shape index (κ3) is 3.92. The summed E-state index contributed by atoms with van der Waals surface area (Å²) in [5.74, 6) is 1.01. The van der Waals surface area contributed by atoms with E-state index in [2.05, 4.69) is 14.7 Å². The predicted molar refractivity (Wildman–Crippen MR) is 92.8 cm³/mol. The molecular formula is C17H15N3O4S. The van der Waals surface area contributed by atoms with Crippen LogP contribution in [-0.4, -0.2) is 26.2 Å². The van der Waals surface area contributed by atoms with Gasteiger partial charge in [-0.25, -0.2) is 4.98 Å². The number of rotatable bonds is 5. The Hall–Kier alpha value is -3.00. The molecular weight excluding hydrogens is 342 g/mol. The highest BCUT2D eigenvalue weighted by Crippen LogP contribution is 2.28. The summed E-state index contributed by atoms with van der Waals surface area (Å²) in [7, 11) is 0. The largest absolute Gasteiger partial charge is 0.508 e. The Bertz CT molecular complexity index is 945. The average Bonchev–Trinajstić information content (AvgIpc) is 3.13. The molecule has 0 aliphatic heterocycles. The van der Waals surface area contributed by atoms with Crippen LogP contribution in [0, 0.1) is 6.92 Å². The van der Waals surface area contributed by atoms with Crippen LogP contribution in [-0.2, 0) is 11.2 Å². The van der Waals surface area contributed by atoms with Gasteiger partial charge in [-0.2, -0.15) is 4.37 Å². The summed E-state index contributed by atoms with van der Waals surface area (Å²) in [5, 5.41) is 12.5. The molecule has 2 N–H and O–H groups in total. The quantitative estimate of drug-likeness (QED) is 0.726. The van der Waals surface area contributed by atoms with Gasteiger partial charge in [0.05, 0.1) is 12.0 Å². The van der Waals surface area contributed by atoms with Crippen molar-refractivity contribution < 1.29 is 19.1 Å². The van der Waals surface area contributed by atoms with Gasteiger partial charge in [-0.1, -0.05) is 12.1 Å². The van der Waals surface area contributed by atoms with Crippen molar-refractivity contribution in [3.63, 3.8) is 0 Å². The lowest BCUT2D eigenvalue weighted by Gasteiger charge is -1.98. The van der Waals surface area contributed by atoms with Crippen LogP contribution in [0.15, 0.2) is 34.7 Å². The molecule has 25 heavy (non-hydrogen) atoms. The first kappa shape index (κ1) is 16.8. The van der Waals surface area contributed by atoms with Crippen LogP contribution in [0.1, 0.15) is 28.9 Å². The highest BCUT2D eigenvalue weighted by Gasteiger charge is 2.18. The normalized spacial score (nSPS) is 10.6. The molecule has 0 spiro atoms. The number of hydrogen-bond donors (Lipinski definition) is 2. The summed E-state index contributed by atoms with van der Waals surface area (Å²) in [6.07, 6.45) is 0.138. The number of Topliss-reactive ketones (excluding diaryl/α,β-unsaturated/α-hetero) is 1. The van der Waals surface area contributed by atoms with Crippen molar-refractivity contribution >= 4 is 28.4 Å². The maximum atomic E-state index is 12.4. The monoisotopic (exact) mass is 357 g/mol. The molecule has 0 unspecified atom stereocenters. The van der Waals surface area contributed by atoms with Crippen molar-refractivity contribution in [3.8, 4) is 17.1 Å². The highest BCUT2D eigenvalue weighted by molar-refractivity contribution is 7.09. The highest BCUT2D eigenvalue weighted by atomic mass is 32.1. The number of benzene rings is 1. The Morgan fingerprint density at radius 2 is 2.12 bits per heavy atom. The Kier molecular flexibility index (Phi) is 4.62. The molecule has 2 aromatic heterocycles. The molecule has 7 nitrogen and oxygen atoms in total. The molecule has 0 radical (unpaired) electrons. The number of nitrogens with one attached hydrogen (secondary N) is 1. The summed E-state index contributed by atoms with van der Waals surface area (Å²) in [6.45, 7) is 3.14. The first-order chi connectivity index (χ1) is 11.9. The molecule has 0 aliphatic rings. The van der Waals surface area contributed by atoms with E-state index in [0.717, 1.165) is 11.5 Å². The van der Waals surface area contributed by atoms with Crippen molar-refractivity contribution in [1.29, 1.82) is 0 Å². The molecule has 0 atom stereocenters. The van der Waals surface area contributed by atoms with Crippen molar-refractivity contribution in [2.75, 3.05) is 5.32 Å². The van der Waals surface area contributed by atoms with E-state index >= 15 is 0 Å². The number of furan rings is 1. The van der Waals surface area contributed by atoms with Gasteiger partial charge in [0.2, 0.25) is 5.13 Å². The lowest BCUT2D eigenvalue weighted by Crippen LogP contribution is -2.12. The number of carbonyl (C=O) groups is 2. The minimum Gasteiger partial charge on any atom is -0.508 e. The van der Waals surface area contributed by atoms with E-state index in [1.807, 2.05) is 0 Å². The fourth-order valence-corrected chi connectivity index (χ4v) is 2.85. The van der Waals surface area contributed by atoms with Gasteiger partial charge in [0.1, 0.15) is 23.1 Å². The molecule has 3 aromatic rings. The van der Waals surface area contributed by atoms with Crippen LogP contribution < -0.4 is 5.32 Å². The number of nitrogens with zero attached hydrogens (tertiary/aromatic N) is 2. The number of phenolic OH excluding ortho intramolecular Hbond substituents is 1. The van der Waals surface area contributed by atoms with Crippen molar-refractivity contribution in [2.24, 2.45) is 0 Å². The van der Waals surface area contributed by atoms with Crippen molar-refractivity contribution in [3.05, 3.63) is 47.5 Å². The standard InChI is InChI=1S/C17H15N3O4S/c1-9(21)6-15-18-17(25-20-15)19-16(23)13-8-14(24-10(13)2)11-4-3-5-12(22)7-11/h3-5,7-8,22H,6H2,1-2H3,(H,18,19,20,23). The zero-order valence-corrected chi connectivity index (χ0v) is 14.4. The number of aromatic nitrogens is 2. The van der Waals surface area contributed by atoms with Crippen LogP contribution >= 0.6 is 11.5 Å². The minimum atomic E-state index is -0.377. The van der Waals surface area contributed by atoms with Gasteiger partial charge in [-0.15, -0.1) is 0 Å². The Balaban J connectivity index is 1.78. The zero-order valence-electron chi connectivity index (χ0n) is 13.6. The topological polar surface area (TPSA) is 105 Å². The van der Waals surface area contributed by atoms with Gasteiger partial charge in [-0.3, -0.25) is 14.9 Å². The SMILES string of the molecule is CC(=O)Cc1nsc(NC(=O)c2cc(-c3cccc(O)c3)oc2C)n1. The van der Waals surface area contributed by atoms with Gasteiger partial charge in [0.15, 0.2) is 5.82 Å². The molecule has 0 saturated heterocycles. The third-order valence-corrected chi connectivity index (χ3v) is 4.06. The number of aryl methyl sites for hydroxylation is 1. The number of ketones is 1. The number of anilines is 1. The number of amides is 1. The molecule has 1 amide bonds. The summed E-state index contributed by atoms with van der Waals surface area (Å²) in [5.41, 5.74) is 1.03. The Morgan fingerprint density at radius 1 is 1.32 bits per heavy atom. The van der Waals surface area contributed by atoms with Crippen molar-refractivity contribution in [2.45, 2.75) is 20.3 Å². The molecule has 128 valence electrons. The molecule has 3 rings (SSSR count). The minimum absolute atomic E-state index is 0.0443. The maximum Gasteiger partial charge on any atom is 0.261 e. The van der Waals surface area contributed by atoms with Crippen LogP contribution in [0.5, 0.6) is 5.75 Å². The van der Waals surface area contributed by atoms with Crippen LogP contribution in [0.3, 0.4) is 0 Å². The van der Waals surface area contributed by atoms with Gasteiger partial charge in [0, 0.05) is 17.1 Å². The number of phenols is 1. The predicted octanol–water partition coefficient (Wildman–Crippen LogP) is 3.20. The van der Waals surface area contributed by atoms with E-state index in [-0.39, 0.29) is 23.9 Å². The fraction of sp³-hybridized carbons (Fsp3) is 0.176. The summed E-state index contributed by atoms with van der Waals surface area (Å²) in [6, 6.07) is 8.19. The van der Waals surface area contributed by atoms with Crippen LogP contribution in [0.4, 0.5) is 5.13 Å². The molecule has 0 fully saturated rings. The van der Waals surface area contributed by atoms with E-state index in [1.165, 1.54) is 6.92 Å². The molecule has 0 bridgehead atoms.